The second-order valence-corrected chi connectivity index (χ2v) is 4.83. The van der Waals surface area contributed by atoms with Gasteiger partial charge in [-0.1, -0.05) is 0 Å². The smallest absolute Gasteiger partial charge is 0.317 e. The van der Waals surface area contributed by atoms with Gasteiger partial charge in [-0.3, -0.25) is 9.59 Å². The highest BCUT2D eigenvalue weighted by Crippen LogP contribution is 2.29. The summed E-state index contributed by atoms with van der Waals surface area (Å²) < 4.78 is 0. The number of hydrogen-bond acceptors (Lipinski definition) is 3. The number of amides is 3. The van der Waals surface area contributed by atoms with E-state index in [1.807, 2.05) is 0 Å². The lowest BCUT2D eigenvalue weighted by Gasteiger charge is -2.21. The van der Waals surface area contributed by atoms with Crippen LogP contribution in [0.3, 0.4) is 0 Å². The van der Waals surface area contributed by atoms with Gasteiger partial charge in [0, 0.05) is 26.1 Å². The molecule has 0 aromatic rings. The summed E-state index contributed by atoms with van der Waals surface area (Å²) in [5, 5.41) is 11.1. The molecule has 4 N–H and O–H groups in total. The van der Waals surface area contributed by atoms with Gasteiger partial charge in [0.25, 0.3) is 0 Å². The second-order valence-electron chi connectivity index (χ2n) is 4.83. The Bertz CT molecular complexity index is 358. The van der Waals surface area contributed by atoms with Crippen molar-refractivity contribution in [1.29, 1.82) is 0 Å². The lowest BCUT2D eigenvalue weighted by Crippen LogP contribution is -2.42. The monoisotopic (exact) mass is 257 g/mol. The first-order chi connectivity index (χ1) is 8.35. The van der Waals surface area contributed by atoms with E-state index in [1.165, 1.54) is 4.90 Å². The average molecular weight is 257 g/mol. The van der Waals surface area contributed by atoms with E-state index in [9.17, 15) is 14.4 Å². The molecule has 0 spiro atoms. The maximum absolute atomic E-state index is 11.7. The normalized spacial score (nSPS) is 22.8. The van der Waals surface area contributed by atoms with Gasteiger partial charge >= 0.3 is 12.0 Å². The molecule has 0 saturated carbocycles. The minimum Gasteiger partial charge on any atom is -0.481 e. The van der Waals surface area contributed by atoms with Gasteiger partial charge in [0.1, 0.15) is 0 Å². The number of primary amides is 1. The average Bonchev–Trinajstić information content (AvgIpc) is 2.68. The summed E-state index contributed by atoms with van der Waals surface area (Å²) >= 11 is 0. The second kappa shape index (κ2) is 5.70. The standard InChI is InChI=1S/C11H19N3O4/c1-11(9(12)17)4-6-14(7-11)10(18)13-5-2-3-8(15)16/h2-7H2,1H3,(H2,12,17)(H,13,18)(H,15,16). The van der Waals surface area contributed by atoms with Crippen molar-refractivity contribution < 1.29 is 19.5 Å². The third kappa shape index (κ3) is 3.61. The van der Waals surface area contributed by atoms with E-state index in [2.05, 4.69) is 5.32 Å². The van der Waals surface area contributed by atoms with E-state index in [0.717, 1.165) is 0 Å². The van der Waals surface area contributed by atoms with Crippen molar-refractivity contribution in [3.8, 4) is 0 Å². The number of carboxylic acids is 1. The van der Waals surface area contributed by atoms with Crippen molar-refractivity contribution in [3.05, 3.63) is 0 Å². The van der Waals surface area contributed by atoms with Crippen LogP contribution in [0.25, 0.3) is 0 Å². The topological polar surface area (TPSA) is 113 Å². The summed E-state index contributed by atoms with van der Waals surface area (Å²) in [4.78, 5) is 34.8. The van der Waals surface area contributed by atoms with Gasteiger partial charge in [0.05, 0.1) is 5.41 Å². The Morgan fingerprint density at radius 3 is 2.61 bits per heavy atom. The molecule has 0 aromatic carbocycles. The number of carboxylic acid groups (broad SMARTS) is 1. The van der Waals surface area contributed by atoms with E-state index < -0.39 is 17.3 Å². The van der Waals surface area contributed by atoms with Crippen molar-refractivity contribution in [1.82, 2.24) is 10.2 Å². The number of nitrogens with one attached hydrogen (secondary N) is 1. The van der Waals surface area contributed by atoms with Gasteiger partial charge in [-0.15, -0.1) is 0 Å². The van der Waals surface area contributed by atoms with E-state index in [1.54, 1.807) is 6.92 Å². The van der Waals surface area contributed by atoms with Crippen LogP contribution in [0, 0.1) is 5.41 Å². The van der Waals surface area contributed by atoms with Crippen molar-refractivity contribution in [2.24, 2.45) is 11.1 Å². The summed E-state index contributed by atoms with van der Waals surface area (Å²) in [7, 11) is 0. The van der Waals surface area contributed by atoms with E-state index in [4.69, 9.17) is 10.8 Å². The molecular weight excluding hydrogens is 238 g/mol. The fraction of sp³-hybridized carbons (Fsp3) is 0.727. The Kier molecular flexibility index (Phi) is 4.52. The Hall–Kier alpha value is -1.79. The Labute approximate surface area is 105 Å². The molecule has 18 heavy (non-hydrogen) atoms. The summed E-state index contributed by atoms with van der Waals surface area (Å²) in [6.07, 6.45) is 0.978. The number of nitrogens with two attached hydrogens (primary N) is 1. The predicted molar refractivity (Wildman–Crippen MR) is 63.8 cm³/mol. The van der Waals surface area contributed by atoms with Crippen molar-refractivity contribution in [2.75, 3.05) is 19.6 Å². The number of aliphatic carboxylic acids is 1. The molecular formula is C11H19N3O4. The predicted octanol–water partition coefficient (Wildman–Crippen LogP) is -0.242. The number of likely N-dealkylation sites (tertiary alicyclic amines) is 1. The van der Waals surface area contributed by atoms with Crippen molar-refractivity contribution in [3.63, 3.8) is 0 Å². The number of carbonyl (C=O) groups excluding carboxylic acids is 2. The highest BCUT2D eigenvalue weighted by Gasteiger charge is 2.40. The number of urea groups is 1. The quantitative estimate of drug-likeness (QED) is 0.590. The third-order valence-electron chi connectivity index (χ3n) is 3.20. The van der Waals surface area contributed by atoms with Crippen LogP contribution in [0.1, 0.15) is 26.2 Å². The van der Waals surface area contributed by atoms with Gasteiger partial charge in [-0.25, -0.2) is 4.79 Å². The zero-order chi connectivity index (χ0) is 13.8. The molecule has 0 bridgehead atoms. The van der Waals surface area contributed by atoms with Gasteiger partial charge in [0.15, 0.2) is 0 Å². The highest BCUT2D eigenvalue weighted by atomic mass is 16.4. The van der Waals surface area contributed by atoms with Gasteiger partial charge in [0.2, 0.25) is 5.91 Å². The fourth-order valence-corrected chi connectivity index (χ4v) is 1.88. The molecule has 7 nitrogen and oxygen atoms in total. The lowest BCUT2D eigenvalue weighted by molar-refractivity contribution is -0.137. The molecule has 1 atom stereocenters. The van der Waals surface area contributed by atoms with Crippen LogP contribution in [-0.4, -0.2) is 47.5 Å². The van der Waals surface area contributed by atoms with Crippen LogP contribution < -0.4 is 11.1 Å². The number of nitrogens with zero attached hydrogens (tertiary/aromatic N) is 1. The zero-order valence-corrected chi connectivity index (χ0v) is 10.4. The molecule has 1 aliphatic heterocycles. The minimum atomic E-state index is -0.883. The minimum absolute atomic E-state index is 0.0271. The molecule has 1 aliphatic rings. The first-order valence-electron chi connectivity index (χ1n) is 5.89. The molecule has 7 heteroatoms. The molecule has 1 saturated heterocycles. The fourth-order valence-electron chi connectivity index (χ4n) is 1.88. The molecule has 0 radical (unpaired) electrons. The number of hydrogen-bond donors (Lipinski definition) is 3. The maximum Gasteiger partial charge on any atom is 0.317 e. The molecule has 3 amide bonds. The van der Waals surface area contributed by atoms with Crippen LogP contribution in [0.15, 0.2) is 0 Å². The third-order valence-corrected chi connectivity index (χ3v) is 3.20. The van der Waals surface area contributed by atoms with Crippen LogP contribution in [0.4, 0.5) is 4.79 Å². The van der Waals surface area contributed by atoms with Crippen molar-refractivity contribution >= 4 is 17.9 Å². The van der Waals surface area contributed by atoms with Crippen LogP contribution in [0.5, 0.6) is 0 Å². The van der Waals surface area contributed by atoms with Gasteiger partial charge in [-0.2, -0.15) is 0 Å². The van der Waals surface area contributed by atoms with E-state index >= 15 is 0 Å². The van der Waals surface area contributed by atoms with Crippen molar-refractivity contribution in [2.45, 2.75) is 26.2 Å². The SMILES string of the molecule is CC1(C(N)=O)CCN(C(=O)NCCCC(=O)O)C1. The number of carbonyl (C=O) groups is 3. The maximum atomic E-state index is 11.7. The number of rotatable bonds is 5. The largest absolute Gasteiger partial charge is 0.481 e. The van der Waals surface area contributed by atoms with Crippen LogP contribution in [-0.2, 0) is 9.59 Å². The van der Waals surface area contributed by atoms with Gasteiger partial charge in [-0.05, 0) is 19.8 Å². The van der Waals surface area contributed by atoms with Gasteiger partial charge < -0.3 is 21.1 Å². The molecule has 0 aliphatic carbocycles. The molecule has 102 valence electrons. The molecule has 1 heterocycles. The molecule has 1 unspecified atom stereocenters. The first kappa shape index (κ1) is 14.3. The molecule has 1 fully saturated rings. The highest BCUT2D eigenvalue weighted by molar-refractivity contribution is 5.83. The van der Waals surface area contributed by atoms with E-state index in [0.29, 0.717) is 32.5 Å². The molecule has 1 rings (SSSR count). The lowest BCUT2D eigenvalue weighted by atomic mass is 9.89. The molecule has 0 aromatic heterocycles. The first-order valence-corrected chi connectivity index (χ1v) is 5.89. The van der Waals surface area contributed by atoms with Crippen LogP contribution in [0.2, 0.25) is 0 Å². The Morgan fingerprint density at radius 1 is 1.44 bits per heavy atom. The Morgan fingerprint density at radius 2 is 2.11 bits per heavy atom. The van der Waals surface area contributed by atoms with Crippen LogP contribution >= 0.6 is 0 Å². The Balaban J connectivity index is 2.32. The van der Waals surface area contributed by atoms with E-state index in [-0.39, 0.29) is 12.5 Å². The zero-order valence-electron chi connectivity index (χ0n) is 10.4. The summed E-state index contributed by atoms with van der Waals surface area (Å²) in [5.74, 6) is -1.28. The summed E-state index contributed by atoms with van der Waals surface area (Å²) in [5.41, 5.74) is 4.63. The summed E-state index contributed by atoms with van der Waals surface area (Å²) in [6.45, 7) is 2.86. The summed E-state index contributed by atoms with van der Waals surface area (Å²) in [6, 6.07) is -0.273.